The summed E-state index contributed by atoms with van der Waals surface area (Å²) in [5.41, 5.74) is 3.09. The van der Waals surface area contributed by atoms with Crippen molar-refractivity contribution < 1.29 is 9.90 Å². The van der Waals surface area contributed by atoms with Crippen molar-refractivity contribution in [3.05, 3.63) is 54.1 Å². The number of anilines is 1. The van der Waals surface area contributed by atoms with Crippen LogP contribution in [0, 0.1) is 0 Å². The molecule has 3 aromatic rings. The van der Waals surface area contributed by atoms with Gasteiger partial charge in [0.1, 0.15) is 5.75 Å². The fourth-order valence-electron chi connectivity index (χ4n) is 3.27. The van der Waals surface area contributed by atoms with E-state index in [0.717, 1.165) is 24.2 Å². The third-order valence-electron chi connectivity index (χ3n) is 4.74. The predicted molar refractivity (Wildman–Crippen MR) is 106 cm³/mol. The van der Waals surface area contributed by atoms with Crippen LogP contribution in [-0.4, -0.2) is 37.6 Å². The zero-order chi connectivity index (χ0) is 19.0. The van der Waals surface area contributed by atoms with Gasteiger partial charge in [-0.3, -0.25) is 4.79 Å². The molecule has 2 heterocycles. The molecular formula is C20H20N4O2S. The van der Waals surface area contributed by atoms with Gasteiger partial charge in [-0.2, -0.15) is 0 Å². The Hall–Kier alpha value is -2.80. The molecule has 1 amide bonds. The van der Waals surface area contributed by atoms with Crippen molar-refractivity contribution in [2.24, 2.45) is 7.05 Å². The van der Waals surface area contributed by atoms with Crippen molar-refractivity contribution in [2.75, 3.05) is 11.4 Å². The Morgan fingerprint density at radius 2 is 1.89 bits per heavy atom. The number of carbonyl (C=O) groups excluding carboxylic acids is 1. The maximum Gasteiger partial charge on any atom is 0.240 e. The molecule has 1 N–H and O–H groups in total. The van der Waals surface area contributed by atoms with E-state index in [4.69, 9.17) is 0 Å². The molecule has 0 bridgehead atoms. The number of hydrogen-bond donors (Lipinski definition) is 1. The Balaban J connectivity index is 1.51. The van der Waals surface area contributed by atoms with E-state index in [-0.39, 0.29) is 16.9 Å². The number of nitrogens with zero attached hydrogens (tertiary/aromatic N) is 4. The third-order valence-corrected chi connectivity index (χ3v) is 5.87. The molecule has 0 saturated carbocycles. The second-order valence-electron chi connectivity index (χ2n) is 6.54. The van der Waals surface area contributed by atoms with Gasteiger partial charge in [0.15, 0.2) is 11.0 Å². The Bertz CT molecular complexity index is 984. The first-order valence-corrected chi connectivity index (χ1v) is 9.67. The summed E-state index contributed by atoms with van der Waals surface area (Å²) in [6, 6.07) is 14.9. The number of phenolic OH excluding ortho intramolecular Hbond substituents is 1. The van der Waals surface area contributed by atoms with Crippen LogP contribution in [0.2, 0.25) is 0 Å². The summed E-state index contributed by atoms with van der Waals surface area (Å²) >= 11 is 1.41. The van der Waals surface area contributed by atoms with Gasteiger partial charge in [0, 0.05) is 24.8 Å². The smallest absolute Gasteiger partial charge is 0.240 e. The molecule has 6 nitrogen and oxygen atoms in total. The highest BCUT2D eigenvalue weighted by molar-refractivity contribution is 8.00. The fraction of sp³-hybridized carbons (Fsp3) is 0.250. The summed E-state index contributed by atoms with van der Waals surface area (Å²) in [4.78, 5) is 14.8. The third kappa shape index (κ3) is 3.30. The second-order valence-corrected chi connectivity index (χ2v) is 7.85. The first-order chi connectivity index (χ1) is 13.0. The molecule has 138 valence electrons. The zero-order valence-electron chi connectivity index (χ0n) is 15.2. The lowest BCUT2D eigenvalue weighted by Crippen LogP contribution is -2.35. The molecule has 0 spiro atoms. The summed E-state index contributed by atoms with van der Waals surface area (Å²) in [7, 11) is 1.88. The van der Waals surface area contributed by atoms with E-state index in [0.29, 0.717) is 11.0 Å². The number of para-hydroxylation sites is 1. The zero-order valence-corrected chi connectivity index (χ0v) is 16.0. The Kier molecular flexibility index (Phi) is 4.61. The van der Waals surface area contributed by atoms with Gasteiger partial charge in [0.25, 0.3) is 0 Å². The molecule has 1 aliphatic rings. The minimum atomic E-state index is -0.272. The largest absolute Gasteiger partial charge is 0.508 e. The molecule has 0 unspecified atom stereocenters. The van der Waals surface area contributed by atoms with Crippen molar-refractivity contribution in [3.8, 4) is 17.1 Å². The maximum atomic E-state index is 13.0. The molecule has 2 aromatic carbocycles. The molecule has 0 aliphatic carbocycles. The number of rotatable bonds is 4. The number of thioether (sulfide) groups is 1. The standard InChI is InChI=1S/C20H20N4O2S/c1-13(19(26)24-12-11-14-5-3-4-6-17(14)24)27-20-22-21-18(23(20)2)15-7-9-16(25)10-8-15/h3-10,13,25H,11-12H2,1-2H3/t13-/m0/s1. The minimum Gasteiger partial charge on any atom is -0.508 e. The lowest BCUT2D eigenvalue weighted by atomic mass is 10.2. The summed E-state index contributed by atoms with van der Waals surface area (Å²) in [5.74, 6) is 0.989. The SMILES string of the molecule is C[C@H](Sc1nnc(-c2ccc(O)cc2)n1C)C(=O)N1CCc2ccccc21. The Morgan fingerprint density at radius 1 is 1.15 bits per heavy atom. The maximum absolute atomic E-state index is 13.0. The monoisotopic (exact) mass is 380 g/mol. The van der Waals surface area contributed by atoms with E-state index < -0.39 is 0 Å². The molecule has 0 fully saturated rings. The normalized spacial score (nSPS) is 14.2. The predicted octanol–water partition coefficient (Wildman–Crippen LogP) is 3.26. The summed E-state index contributed by atoms with van der Waals surface area (Å²) in [6.45, 7) is 2.63. The lowest BCUT2D eigenvalue weighted by molar-refractivity contribution is -0.117. The second kappa shape index (κ2) is 7.08. The number of benzene rings is 2. The van der Waals surface area contributed by atoms with Gasteiger partial charge < -0.3 is 14.6 Å². The Morgan fingerprint density at radius 3 is 2.67 bits per heavy atom. The van der Waals surface area contributed by atoms with Crippen molar-refractivity contribution in [1.82, 2.24) is 14.8 Å². The fourth-order valence-corrected chi connectivity index (χ4v) is 4.15. The Labute approximate surface area is 161 Å². The van der Waals surface area contributed by atoms with Gasteiger partial charge in [-0.25, -0.2) is 0 Å². The van der Waals surface area contributed by atoms with E-state index in [1.165, 1.54) is 17.3 Å². The van der Waals surface area contributed by atoms with E-state index in [2.05, 4.69) is 16.3 Å². The number of carbonyl (C=O) groups is 1. The molecule has 27 heavy (non-hydrogen) atoms. The highest BCUT2D eigenvalue weighted by Crippen LogP contribution is 2.32. The van der Waals surface area contributed by atoms with Gasteiger partial charge in [0.05, 0.1) is 5.25 Å². The number of phenols is 1. The lowest BCUT2D eigenvalue weighted by Gasteiger charge is -2.21. The first-order valence-electron chi connectivity index (χ1n) is 8.79. The minimum absolute atomic E-state index is 0.0825. The van der Waals surface area contributed by atoms with Crippen molar-refractivity contribution in [3.63, 3.8) is 0 Å². The summed E-state index contributed by atoms with van der Waals surface area (Å²) < 4.78 is 1.87. The molecule has 1 aliphatic heterocycles. The molecule has 0 saturated heterocycles. The topological polar surface area (TPSA) is 71.2 Å². The molecule has 0 radical (unpaired) electrons. The van der Waals surface area contributed by atoms with Crippen molar-refractivity contribution >= 4 is 23.4 Å². The van der Waals surface area contributed by atoms with Gasteiger partial charge >= 0.3 is 0 Å². The average molecular weight is 380 g/mol. The highest BCUT2D eigenvalue weighted by atomic mass is 32.2. The van der Waals surface area contributed by atoms with Gasteiger partial charge in [0.2, 0.25) is 5.91 Å². The van der Waals surface area contributed by atoms with Gasteiger partial charge in [-0.15, -0.1) is 10.2 Å². The summed E-state index contributed by atoms with van der Waals surface area (Å²) in [5, 5.41) is 18.4. The molecule has 4 rings (SSSR count). The van der Waals surface area contributed by atoms with Crippen LogP contribution in [0.5, 0.6) is 5.75 Å². The van der Waals surface area contributed by atoms with Crippen molar-refractivity contribution in [2.45, 2.75) is 23.8 Å². The van der Waals surface area contributed by atoms with Crippen LogP contribution in [0.4, 0.5) is 5.69 Å². The number of aromatic hydroxyl groups is 1. The van der Waals surface area contributed by atoms with E-state index in [9.17, 15) is 9.90 Å². The first kappa shape index (κ1) is 17.6. The molecule has 1 aromatic heterocycles. The van der Waals surface area contributed by atoms with Crippen LogP contribution in [0.25, 0.3) is 11.4 Å². The van der Waals surface area contributed by atoms with E-state index >= 15 is 0 Å². The average Bonchev–Trinajstić information content (AvgIpc) is 3.26. The van der Waals surface area contributed by atoms with Crippen LogP contribution in [0.1, 0.15) is 12.5 Å². The van der Waals surface area contributed by atoms with E-state index in [1.54, 1.807) is 24.3 Å². The number of fused-ring (bicyclic) bond motifs is 1. The van der Waals surface area contributed by atoms with Crippen LogP contribution in [0.3, 0.4) is 0 Å². The molecule has 1 atom stereocenters. The quantitative estimate of drug-likeness (QED) is 0.704. The number of amides is 1. The van der Waals surface area contributed by atoms with Crippen LogP contribution >= 0.6 is 11.8 Å². The molecule has 7 heteroatoms. The molecular weight excluding hydrogens is 360 g/mol. The van der Waals surface area contributed by atoms with Gasteiger partial charge in [-0.05, 0) is 49.2 Å². The van der Waals surface area contributed by atoms with Gasteiger partial charge in [-0.1, -0.05) is 30.0 Å². The number of aromatic nitrogens is 3. The van der Waals surface area contributed by atoms with Crippen LogP contribution in [0.15, 0.2) is 53.7 Å². The van der Waals surface area contributed by atoms with Crippen LogP contribution in [-0.2, 0) is 18.3 Å². The summed E-state index contributed by atoms with van der Waals surface area (Å²) in [6.07, 6.45) is 0.897. The van der Waals surface area contributed by atoms with Crippen molar-refractivity contribution in [1.29, 1.82) is 0 Å². The van der Waals surface area contributed by atoms with Crippen LogP contribution < -0.4 is 4.90 Å². The number of hydrogen-bond acceptors (Lipinski definition) is 5. The highest BCUT2D eigenvalue weighted by Gasteiger charge is 2.29. The van der Waals surface area contributed by atoms with E-state index in [1.807, 2.05) is 41.6 Å².